The third-order valence-corrected chi connectivity index (χ3v) is 19.6. The molecule has 3 heterocycles. The maximum Gasteiger partial charge on any atom is 0.181 e. The normalized spacial score (nSPS) is 12.0. The predicted molar refractivity (Wildman–Crippen MR) is 299 cm³/mol. The highest BCUT2D eigenvalue weighted by molar-refractivity contribution is 7.20. The Morgan fingerprint density at radius 1 is 0.257 bits per heavy atom. The smallest absolute Gasteiger partial charge is 0.181 e. The van der Waals surface area contributed by atoms with E-state index in [4.69, 9.17) is 0 Å². The van der Waals surface area contributed by atoms with E-state index in [9.17, 15) is 0 Å². The Labute approximate surface area is 407 Å². The van der Waals surface area contributed by atoms with Crippen molar-refractivity contribution in [1.29, 1.82) is 0 Å². The second-order valence-corrected chi connectivity index (χ2v) is 22.1. The Bertz CT molecular complexity index is 4130. The minimum Gasteiger partial charge on any atom is -0.309 e. The van der Waals surface area contributed by atoms with Gasteiger partial charge in [-0.15, -0.1) is 0 Å². The number of fused-ring (bicyclic) bond motifs is 9. The summed E-state index contributed by atoms with van der Waals surface area (Å²) in [5.41, 5.74) is 12.9. The molecular formula is C66H45N3Si. The Balaban J connectivity index is 1.20. The van der Waals surface area contributed by atoms with Gasteiger partial charge in [-0.1, -0.05) is 224 Å². The Morgan fingerprint density at radius 2 is 0.686 bits per heavy atom. The van der Waals surface area contributed by atoms with Gasteiger partial charge in [0.15, 0.2) is 8.07 Å². The topological polar surface area (TPSA) is 14.8 Å². The summed E-state index contributed by atoms with van der Waals surface area (Å²) >= 11 is 0. The van der Waals surface area contributed by atoms with Gasteiger partial charge in [-0.05, 0) is 80.4 Å². The van der Waals surface area contributed by atoms with Gasteiger partial charge >= 0.3 is 0 Å². The molecule has 11 aromatic carbocycles. The van der Waals surface area contributed by atoms with Crippen LogP contribution in [0.15, 0.2) is 273 Å². The molecule has 0 atom stereocenters. The van der Waals surface area contributed by atoms with Gasteiger partial charge in [0.1, 0.15) is 0 Å². The van der Waals surface area contributed by atoms with Crippen LogP contribution in [0.5, 0.6) is 0 Å². The molecule has 0 radical (unpaired) electrons. The van der Waals surface area contributed by atoms with Gasteiger partial charge in [-0.3, -0.25) is 0 Å². The number of benzene rings is 11. The van der Waals surface area contributed by atoms with Crippen LogP contribution in [0.2, 0.25) is 0 Å². The summed E-state index contributed by atoms with van der Waals surface area (Å²) in [7, 11) is -3.12. The van der Waals surface area contributed by atoms with Crippen molar-refractivity contribution in [2.24, 2.45) is 0 Å². The number of hydrogen-bond donors (Lipinski definition) is 0. The lowest BCUT2D eigenvalue weighted by Gasteiger charge is -2.35. The molecule has 70 heavy (non-hydrogen) atoms. The number of para-hydroxylation sites is 5. The van der Waals surface area contributed by atoms with Crippen LogP contribution in [0, 0.1) is 0 Å². The lowest BCUT2D eigenvalue weighted by atomic mass is 10.1. The summed E-state index contributed by atoms with van der Waals surface area (Å²) in [6.07, 6.45) is 0. The molecular weight excluding hydrogens is 863 g/mol. The third-order valence-electron chi connectivity index (χ3n) is 14.8. The lowest BCUT2D eigenvalue weighted by molar-refractivity contribution is 1.13. The zero-order valence-electron chi connectivity index (χ0n) is 38.3. The van der Waals surface area contributed by atoms with Crippen molar-refractivity contribution in [3.8, 4) is 28.2 Å². The highest BCUT2D eigenvalue weighted by Crippen LogP contribution is 2.43. The SMILES string of the molecule is c1ccc(-c2cccc(-n3c4ccccc4c4cccc(-n5c6cccc(-n7c8ccccc8c8ccccc87)c6c6cccc([Si](c7ccccc7)(c7ccccc7)c7ccccc7)c65)c43)c2)cc1. The number of aromatic nitrogens is 3. The van der Waals surface area contributed by atoms with Crippen molar-refractivity contribution in [2.45, 2.75) is 0 Å². The molecule has 0 N–H and O–H groups in total. The van der Waals surface area contributed by atoms with Crippen LogP contribution in [-0.4, -0.2) is 21.8 Å². The minimum atomic E-state index is -3.12. The Morgan fingerprint density at radius 3 is 1.30 bits per heavy atom. The molecule has 0 aliphatic heterocycles. The van der Waals surface area contributed by atoms with Gasteiger partial charge in [-0.2, -0.15) is 0 Å². The quantitative estimate of drug-likeness (QED) is 0.107. The van der Waals surface area contributed by atoms with E-state index < -0.39 is 8.07 Å². The zero-order valence-corrected chi connectivity index (χ0v) is 39.3. The van der Waals surface area contributed by atoms with Gasteiger partial charge in [0.2, 0.25) is 0 Å². The van der Waals surface area contributed by atoms with Crippen LogP contribution in [0.3, 0.4) is 0 Å². The van der Waals surface area contributed by atoms with Crippen molar-refractivity contribution < 1.29 is 0 Å². The molecule has 0 aliphatic rings. The first-order valence-electron chi connectivity index (χ1n) is 24.2. The van der Waals surface area contributed by atoms with Gasteiger partial charge < -0.3 is 13.7 Å². The maximum atomic E-state index is 2.65. The van der Waals surface area contributed by atoms with Crippen molar-refractivity contribution in [3.63, 3.8) is 0 Å². The van der Waals surface area contributed by atoms with Crippen LogP contribution in [0.25, 0.3) is 93.6 Å². The van der Waals surface area contributed by atoms with Crippen molar-refractivity contribution >= 4 is 94.2 Å². The van der Waals surface area contributed by atoms with E-state index in [1.54, 1.807) is 0 Å². The van der Waals surface area contributed by atoms with Gasteiger partial charge in [-0.25, -0.2) is 0 Å². The molecule has 0 saturated heterocycles. The van der Waals surface area contributed by atoms with Crippen LogP contribution in [-0.2, 0) is 0 Å². The summed E-state index contributed by atoms with van der Waals surface area (Å²) in [4.78, 5) is 0. The molecule has 0 spiro atoms. The number of nitrogens with zero attached hydrogens (tertiary/aromatic N) is 3. The fraction of sp³-hybridized carbons (Fsp3) is 0. The largest absolute Gasteiger partial charge is 0.309 e. The molecule has 0 unspecified atom stereocenters. The maximum absolute atomic E-state index is 3.12. The molecule has 0 saturated carbocycles. The standard InChI is InChI=1S/C66H45N3Si/c1-5-23-46(24-6-1)47-25-19-26-48(45-47)67-57-38-16-15-35-54(57)55-36-20-43-62(65(55)67)69-61-42-22-41-60(68-58-39-17-13-33-52(58)53-34-14-18-40-59(53)68)64(61)56-37-21-44-63(66(56)69)70(49-27-7-2-8-28-49,50-29-9-3-10-30-50)51-31-11-4-12-32-51/h1-45H. The summed E-state index contributed by atoms with van der Waals surface area (Å²) in [6, 6.07) is 102. The lowest BCUT2D eigenvalue weighted by Crippen LogP contribution is -2.75. The predicted octanol–water partition coefficient (Wildman–Crippen LogP) is 14.0. The highest BCUT2D eigenvalue weighted by atomic mass is 28.3. The van der Waals surface area contributed by atoms with E-state index in [-0.39, 0.29) is 0 Å². The highest BCUT2D eigenvalue weighted by Gasteiger charge is 2.44. The number of hydrogen-bond acceptors (Lipinski definition) is 0. The molecule has 328 valence electrons. The van der Waals surface area contributed by atoms with Crippen LogP contribution in [0.4, 0.5) is 0 Å². The molecule has 3 aromatic heterocycles. The summed E-state index contributed by atoms with van der Waals surface area (Å²) in [5, 5.41) is 12.7. The van der Waals surface area contributed by atoms with Crippen molar-refractivity contribution in [1.82, 2.24) is 13.7 Å². The van der Waals surface area contributed by atoms with Crippen LogP contribution >= 0.6 is 0 Å². The monoisotopic (exact) mass is 907 g/mol. The minimum absolute atomic E-state index is 1.12. The molecule has 0 amide bonds. The molecule has 3 nitrogen and oxygen atoms in total. The molecule has 0 fully saturated rings. The number of rotatable bonds is 8. The van der Waals surface area contributed by atoms with E-state index in [1.165, 1.54) is 86.3 Å². The fourth-order valence-corrected chi connectivity index (χ4v) is 16.9. The fourth-order valence-electron chi connectivity index (χ4n) is 12.0. The molecule has 0 bridgehead atoms. The summed E-state index contributed by atoms with van der Waals surface area (Å²) in [6.45, 7) is 0. The second kappa shape index (κ2) is 16.1. The van der Waals surface area contributed by atoms with E-state index in [0.717, 1.165) is 28.1 Å². The van der Waals surface area contributed by atoms with Crippen molar-refractivity contribution in [3.05, 3.63) is 273 Å². The summed E-state index contributed by atoms with van der Waals surface area (Å²) in [5.74, 6) is 0. The zero-order chi connectivity index (χ0) is 46.2. The molecule has 14 rings (SSSR count). The Hall–Kier alpha value is -8.96. The van der Waals surface area contributed by atoms with E-state index in [0.29, 0.717) is 0 Å². The van der Waals surface area contributed by atoms with Crippen LogP contribution in [0.1, 0.15) is 0 Å². The van der Waals surface area contributed by atoms with Gasteiger partial charge in [0.05, 0.1) is 44.5 Å². The molecule has 4 heteroatoms. The first kappa shape index (κ1) is 40.1. The van der Waals surface area contributed by atoms with Crippen LogP contribution < -0.4 is 20.7 Å². The average Bonchev–Trinajstić information content (AvgIpc) is 4.09. The Kier molecular flexibility index (Phi) is 9.23. The van der Waals surface area contributed by atoms with Gasteiger partial charge in [0, 0.05) is 38.0 Å². The van der Waals surface area contributed by atoms with Gasteiger partial charge in [0.25, 0.3) is 0 Å². The van der Waals surface area contributed by atoms with Crippen molar-refractivity contribution in [2.75, 3.05) is 0 Å². The molecule has 0 aliphatic carbocycles. The second-order valence-electron chi connectivity index (χ2n) is 18.4. The third kappa shape index (κ3) is 5.87. The van der Waals surface area contributed by atoms with E-state index in [1.807, 2.05) is 0 Å². The summed E-state index contributed by atoms with van der Waals surface area (Å²) < 4.78 is 7.67. The first-order chi connectivity index (χ1) is 34.8. The molecule has 14 aromatic rings. The van der Waals surface area contributed by atoms with E-state index >= 15 is 0 Å². The first-order valence-corrected chi connectivity index (χ1v) is 26.2. The average molecular weight is 908 g/mol. The van der Waals surface area contributed by atoms with E-state index in [2.05, 4.69) is 287 Å².